The Hall–Kier alpha value is -0.260. The Labute approximate surface area is 103 Å². The maximum atomic E-state index is 2.46. The van der Waals surface area contributed by atoms with Crippen LogP contribution in [0.25, 0.3) is 0 Å². The first-order valence-corrected chi connectivity index (χ1v) is 7.35. The van der Waals surface area contributed by atoms with E-state index in [4.69, 9.17) is 0 Å². The van der Waals surface area contributed by atoms with E-state index >= 15 is 0 Å². The summed E-state index contributed by atoms with van der Waals surface area (Å²) < 4.78 is 0. The average Bonchev–Trinajstić information content (AvgIpc) is 2.25. The van der Waals surface area contributed by atoms with Gasteiger partial charge in [-0.3, -0.25) is 0 Å². The van der Waals surface area contributed by atoms with Gasteiger partial charge in [0.25, 0.3) is 0 Å². The highest BCUT2D eigenvalue weighted by Crippen LogP contribution is 2.49. The van der Waals surface area contributed by atoms with Crippen LogP contribution in [0.1, 0.15) is 78.6 Å². The standard InChI is InChI=1S/C16H30/c1-4-6-7-8-9-10-11-12-15-13-16(3,5-2)14-15/h6-7,15H,4-5,8-14H2,1-3H3. The van der Waals surface area contributed by atoms with Gasteiger partial charge in [-0.1, -0.05) is 58.6 Å². The van der Waals surface area contributed by atoms with Crippen LogP contribution in [0, 0.1) is 11.3 Å². The van der Waals surface area contributed by atoms with Gasteiger partial charge in [0.15, 0.2) is 0 Å². The number of allylic oxidation sites excluding steroid dienone is 2. The number of unbranched alkanes of at least 4 members (excludes halogenated alkanes) is 3. The fraction of sp³-hybridized carbons (Fsp3) is 0.875. The zero-order valence-corrected chi connectivity index (χ0v) is 11.6. The molecule has 0 aromatic carbocycles. The number of hydrogen-bond acceptors (Lipinski definition) is 0. The lowest BCUT2D eigenvalue weighted by Crippen LogP contribution is -2.33. The minimum absolute atomic E-state index is 0.717. The van der Waals surface area contributed by atoms with Gasteiger partial charge in [0.1, 0.15) is 0 Å². The lowest BCUT2D eigenvalue weighted by atomic mass is 9.60. The first-order valence-electron chi connectivity index (χ1n) is 7.35. The number of hydrogen-bond donors (Lipinski definition) is 0. The topological polar surface area (TPSA) is 0 Å². The van der Waals surface area contributed by atoms with Crippen LogP contribution in [0.2, 0.25) is 0 Å². The largest absolute Gasteiger partial charge is 0.0888 e. The monoisotopic (exact) mass is 222 g/mol. The van der Waals surface area contributed by atoms with Gasteiger partial charge in [-0.05, 0) is 43.4 Å². The van der Waals surface area contributed by atoms with Crippen molar-refractivity contribution in [2.45, 2.75) is 78.6 Å². The predicted octanol–water partition coefficient (Wildman–Crippen LogP) is 5.73. The highest BCUT2D eigenvalue weighted by Gasteiger charge is 2.37. The summed E-state index contributed by atoms with van der Waals surface area (Å²) in [5.74, 6) is 1.07. The molecule has 0 amide bonds. The third-order valence-electron chi connectivity index (χ3n) is 4.30. The SMILES string of the molecule is CCC=CCCCCCC1CC(C)(CC)C1. The van der Waals surface area contributed by atoms with Gasteiger partial charge < -0.3 is 0 Å². The van der Waals surface area contributed by atoms with Gasteiger partial charge in [0.2, 0.25) is 0 Å². The fourth-order valence-corrected chi connectivity index (χ4v) is 2.98. The molecule has 0 bridgehead atoms. The van der Waals surface area contributed by atoms with Crippen LogP contribution in [0.15, 0.2) is 12.2 Å². The molecule has 1 aliphatic carbocycles. The van der Waals surface area contributed by atoms with Gasteiger partial charge >= 0.3 is 0 Å². The zero-order valence-electron chi connectivity index (χ0n) is 11.6. The van der Waals surface area contributed by atoms with Crippen molar-refractivity contribution in [3.05, 3.63) is 12.2 Å². The molecule has 0 aromatic rings. The van der Waals surface area contributed by atoms with E-state index in [0.29, 0.717) is 5.41 Å². The molecule has 0 spiro atoms. The van der Waals surface area contributed by atoms with Crippen LogP contribution < -0.4 is 0 Å². The Kier molecular flexibility index (Phi) is 6.16. The molecule has 0 heteroatoms. The minimum Gasteiger partial charge on any atom is -0.0888 e. The Balaban J connectivity index is 1.88. The summed E-state index contributed by atoms with van der Waals surface area (Å²) in [6.07, 6.45) is 17.3. The Morgan fingerprint density at radius 2 is 1.81 bits per heavy atom. The van der Waals surface area contributed by atoms with Crippen molar-refractivity contribution in [3.63, 3.8) is 0 Å². The highest BCUT2D eigenvalue weighted by atomic mass is 14.4. The van der Waals surface area contributed by atoms with Crippen molar-refractivity contribution in [1.29, 1.82) is 0 Å². The van der Waals surface area contributed by atoms with E-state index in [1.807, 2.05) is 0 Å². The van der Waals surface area contributed by atoms with Gasteiger partial charge in [-0.2, -0.15) is 0 Å². The van der Waals surface area contributed by atoms with E-state index in [0.717, 1.165) is 5.92 Å². The average molecular weight is 222 g/mol. The van der Waals surface area contributed by atoms with Crippen LogP contribution in [0.5, 0.6) is 0 Å². The van der Waals surface area contributed by atoms with Crippen molar-refractivity contribution >= 4 is 0 Å². The van der Waals surface area contributed by atoms with Gasteiger partial charge in [-0.25, -0.2) is 0 Å². The zero-order chi connectivity index (χ0) is 11.9. The molecule has 1 aliphatic rings. The summed E-state index contributed by atoms with van der Waals surface area (Å²) in [6, 6.07) is 0. The molecule has 0 nitrogen and oxygen atoms in total. The molecular weight excluding hydrogens is 192 g/mol. The molecule has 0 unspecified atom stereocenters. The van der Waals surface area contributed by atoms with Gasteiger partial charge in [0, 0.05) is 0 Å². The van der Waals surface area contributed by atoms with Crippen LogP contribution in [0.4, 0.5) is 0 Å². The van der Waals surface area contributed by atoms with E-state index < -0.39 is 0 Å². The van der Waals surface area contributed by atoms with E-state index in [1.165, 1.54) is 57.8 Å². The van der Waals surface area contributed by atoms with Crippen LogP contribution in [-0.2, 0) is 0 Å². The van der Waals surface area contributed by atoms with Crippen molar-refractivity contribution in [3.8, 4) is 0 Å². The third kappa shape index (κ3) is 4.72. The van der Waals surface area contributed by atoms with E-state index in [1.54, 1.807) is 0 Å². The molecule has 16 heavy (non-hydrogen) atoms. The first-order chi connectivity index (χ1) is 7.70. The molecule has 0 aliphatic heterocycles. The molecule has 0 heterocycles. The summed E-state index contributed by atoms with van der Waals surface area (Å²) in [5, 5.41) is 0. The lowest BCUT2D eigenvalue weighted by Gasteiger charge is -2.45. The first kappa shape index (κ1) is 13.8. The van der Waals surface area contributed by atoms with E-state index in [9.17, 15) is 0 Å². The second-order valence-corrected chi connectivity index (χ2v) is 5.96. The van der Waals surface area contributed by atoms with Crippen molar-refractivity contribution < 1.29 is 0 Å². The van der Waals surface area contributed by atoms with Crippen molar-refractivity contribution in [2.24, 2.45) is 11.3 Å². The smallest absolute Gasteiger partial charge is 0.0323 e. The maximum absolute atomic E-state index is 2.46. The summed E-state index contributed by atoms with van der Waals surface area (Å²) in [7, 11) is 0. The summed E-state index contributed by atoms with van der Waals surface area (Å²) in [4.78, 5) is 0. The quantitative estimate of drug-likeness (QED) is 0.363. The van der Waals surface area contributed by atoms with E-state index in [-0.39, 0.29) is 0 Å². The molecule has 1 fully saturated rings. The van der Waals surface area contributed by atoms with E-state index in [2.05, 4.69) is 32.9 Å². The molecule has 0 atom stereocenters. The summed E-state index contributed by atoms with van der Waals surface area (Å²) in [5.41, 5.74) is 0.717. The van der Waals surface area contributed by atoms with Crippen LogP contribution in [0.3, 0.4) is 0 Å². The summed E-state index contributed by atoms with van der Waals surface area (Å²) >= 11 is 0. The van der Waals surface area contributed by atoms with Gasteiger partial charge in [0.05, 0.1) is 0 Å². The maximum Gasteiger partial charge on any atom is -0.0323 e. The summed E-state index contributed by atoms with van der Waals surface area (Å²) in [6.45, 7) is 7.01. The Morgan fingerprint density at radius 1 is 1.06 bits per heavy atom. The third-order valence-corrected chi connectivity index (χ3v) is 4.30. The Morgan fingerprint density at radius 3 is 2.44 bits per heavy atom. The molecule has 0 radical (unpaired) electrons. The fourth-order valence-electron chi connectivity index (χ4n) is 2.98. The molecule has 94 valence electrons. The second kappa shape index (κ2) is 7.14. The Bertz CT molecular complexity index is 196. The second-order valence-electron chi connectivity index (χ2n) is 5.96. The highest BCUT2D eigenvalue weighted by molar-refractivity contribution is 4.89. The molecule has 1 rings (SSSR count). The molecular formula is C16H30. The van der Waals surface area contributed by atoms with Crippen molar-refractivity contribution in [1.82, 2.24) is 0 Å². The van der Waals surface area contributed by atoms with Crippen LogP contribution in [-0.4, -0.2) is 0 Å². The minimum atomic E-state index is 0.717. The van der Waals surface area contributed by atoms with Crippen LogP contribution >= 0.6 is 0 Å². The van der Waals surface area contributed by atoms with Gasteiger partial charge in [-0.15, -0.1) is 0 Å². The molecule has 0 aromatic heterocycles. The number of rotatable bonds is 8. The lowest BCUT2D eigenvalue weighted by molar-refractivity contribution is 0.0631. The predicted molar refractivity (Wildman–Crippen MR) is 73.6 cm³/mol. The molecule has 0 saturated heterocycles. The van der Waals surface area contributed by atoms with Crippen molar-refractivity contribution in [2.75, 3.05) is 0 Å². The molecule has 0 N–H and O–H groups in total. The normalized spacial score (nSPS) is 29.6. The molecule has 1 saturated carbocycles.